The smallest absolute Gasteiger partial charge is 0.368 e. The van der Waals surface area contributed by atoms with Gasteiger partial charge in [0.1, 0.15) is 23.7 Å². The minimum atomic E-state index is -4.55. The molecule has 33 heavy (non-hydrogen) atoms. The highest BCUT2D eigenvalue weighted by molar-refractivity contribution is 5.92. The van der Waals surface area contributed by atoms with E-state index in [0.717, 1.165) is 12.4 Å². The van der Waals surface area contributed by atoms with Gasteiger partial charge in [0, 0.05) is 24.5 Å². The zero-order valence-electron chi connectivity index (χ0n) is 17.1. The Morgan fingerprint density at radius 2 is 1.73 bits per heavy atom. The second-order valence-electron chi connectivity index (χ2n) is 7.92. The van der Waals surface area contributed by atoms with E-state index in [1.54, 1.807) is 12.1 Å². The first-order valence-electron chi connectivity index (χ1n) is 10.2. The first kappa shape index (κ1) is 22.9. The van der Waals surface area contributed by atoms with Crippen LogP contribution in [0.4, 0.5) is 32.2 Å². The number of halogens is 6. The van der Waals surface area contributed by atoms with Crippen molar-refractivity contribution >= 4 is 17.4 Å². The van der Waals surface area contributed by atoms with Gasteiger partial charge in [-0.05, 0) is 43.9 Å². The molecule has 1 aliphatic rings. The summed E-state index contributed by atoms with van der Waals surface area (Å²) in [7, 11) is 0. The molecule has 7 nitrogen and oxygen atoms in total. The fourth-order valence-electron chi connectivity index (χ4n) is 3.94. The van der Waals surface area contributed by atoms with Gasteiger partial charge < -0.3 is 10.6 Å². The standard InChI is InChI=1S/C20H20F6N6O/c21-19(22,23)11-32-14(8-9-27-32)18(33)29-13-6-4-12(5-7-13)28-16-2-1-3-17-30-15(10-31(16)17)20(24,25)26/h1-3,8-10,12-13,28H,4-7,11H2,(H,29,33)/t12-,13+. The number of hydrogen-bond acceptors (Lipinski definition) is 4. The minimum absolute atomic E-state index is 0.0451. The van der Waals surface area contributed by atoms with Gasteiger partial charge in [0.05, 0.1) is 0 Å². The lowest BCUT2D eigenvalue weighted by Crippen LogP contribution is -2.41. The van der Waals surface area contributed by atoms with Gasteiger partial charge in [0.2, 0.25) is 0 Å². The van der Waals surface area contributed by atoms with Crippen LogP contribution in [-0.2, 0) is 12.7 Å². The molecule has 178 valence electrons. The fourth-order valence-corrected chi connectivity index (χ4v) is 3.94. The Morgan fingerprint density at radius 3 is 2.39 bits per heavy atom. The van der Waals surface area contributed by atoms with E-state index in [9.17, 15) is 31.1 Å². The largest absolute Gasteiger partial charge is 0.434 e. The van der Waals surface area contributed by atoms with E-state index in [1.165, 1.54) is 16.5 Å². The van der Waals surface area contributed by atoms with Crippen molar-refractivity contribution in [2.45, 2.75) is 56.7 Å². The zero-order chi connectivity index (χ0) is 23.8. The van der Waals surface area contributed by atoms with Crippen molar-refractivity contribution in [2.24, 2.45) is 0 Å². The average molecular weight is 474 g/mol. The van der Waals surface area contributed by atoms with Gasteiger partial charge in [0.15, 0.2) is 5.69 Å². The predicted molar refractivity (Wildman–Crippen MR) is 106 cm³/mol. The maximum Gasteiger partial charge on any atom is 0.434 e. The number of pyridine rings is 1. The molecule has 3 aromatic heterocycles. The van der Waals surface area contributed by atoms with Gasteiger partial charge >= 0.3 is 12.4 Å². The third-order valence-corrected chi connectivity index (χ3v) is 5.48. The average Bonchev–Trinajstić information content (AvgIpc) is 3.35. The topological polar surface area (TPSA) is 76.2 Å². The minimum Gasteiger partial charge on any atom is -0.368 e. The molecule has 0 spiro atoms. The SMILES string of the molecule is O=C(N[C@H]1CC[C@@H](Nc2cccc3nc(C(F)(F)F)cn23)CC1)c1ccnn1CC(F)(F)F. The molecule has 3 heterocycles. The van der Waals surface area contributed by atoms with Crippen LogP contribution in [0, 0.1) is 0 Å². The quantitative estimate of drug-likeness (QED) is 0.542. The van der Waals surface area contributed by atoms with Gasteiger partial charge in [-0.25, -0.2) is 4.98 Å². The monoisotopic (exact) mass is 474 g/mol. The molecule has 3 aromatic rings. The van der Waals surface area contributed by atoms with Crippen LogP contribution >= 0.6 is 0 Å². The lowest BCUT2D eigenvalue weighted by atomic mass is 9.91. The molecule has 0 aromatic carbocycles. The molecule has 0 atom stereocenters. The Hall–Kier alpha value is -3.25. The van der Waals surface area contributed by atoms with Crippen molar-refractivity contribution in [1.82, 2.24) is 24.5 Å². The third kappa shape index (κ3) is 5.40. The lowest BCUT2D eigenvalue weighted by Gasteiger charge is -2.30. The van der Waals surface area contributed by atoms with E-state index in [2.05, 4.69) is 20.7 Å². The van der Waals surface area contributed by atoms with Crippen LogP contribution in [0.15, 0.2) is 36.7 Å². The van der Waals surface area contributed by atoms with Gasteiger partial charge in [0.25, 0.3) is 5.91 Å². The Labute approximate surface area is 183 Å². The molecule has 2 N–H and O–H groups in total. The Kier molecular flexibility index (Phi) is 5.97. The highest BCUT2D eigenvalue weighted by atomic mass is 19.4. The van der Waals surface area contributed by atoms with Crippen molar-refractivity contribution < 1.29 is 31.1 Å². The second-order valence-corrected chi connectivity index (χ2v) is 7.92. The molecular weight excluding hydrogens is 454 g/mol. The summed E-state index contributed by atoms with van der Waals surface area (Å²) in [5.41, 5.74) is -0.975. The van der Waals surface area contributed by atoms with Gasteiger partial charge in [-0.3, -0.25) is 13.9 Å². The number of amides is 1. The van der Waals surface area contributed by atoms with Crippen LogP contribution in [0.2, 0.25) is 0 Å². The van der Waals surface area contributed by atoms with Gasteiger partial charge in [-0.2, -0.15) is 31.4 Å². The number of hydrogen-bond donors (Lipinski definition) is 2. The number of carbonyl (C=O) groups excluding carboxylic acids is 1. The first-order valence-corrected chi connectivity index (χ1v) is 10.2. The summed E-state index contributed by atoms with van der Waals surface area (Å²) in [5, 5.41) is 9.54. The van der Waals surface area contributed by atoms with Crippen LogP contribution < -0.4 is 10.6 Å². The van der Waals surface area contributed by atoms with Crippen molar-refractivity contribution in [3.05, 3.63) is 48.0 Å². The summed E-state index contributed by atoms with van der Waals surface area (Å²) >= 11 is 0. The molecule has 0 unspecified atom stereocenters. The second kappa shape index (κ2) is 8.60. The molecule has 0 radical (unpaired) electrons. The van der Waals surface area contributed by atoms with Gasteiger partial charge in [-0.1, -0.05) is 6.07 Å². The van der Waals surface area contributed by atoms with Crippen LogP contribution in [-0.4, -0.2) is 43.3 Å². The van der Waals surface area contributed by atoms with E-state index < -0.39 is 30.5 Å². The molecule has 1 fully saturated rings. The van der Waals surface area contributed by atoms with Crippen molar-refractivity contribution in [2.75, 3.05) is 5.32 Å². The summed E-state index contributed by atoms with van der Waals surface area (Å²) in [6, 6.07) is 5.71. The maximum atomic E-state index is 13.0. The summed E-state index contributed by atoms with van der Waals surface area (Å²) in [6.07, 6.45) is -4.61. The highest BCUT2D eigenvalue weighted by Crippen LogP contribution is 2.30. The summed E-state index contributed by atoms with van der Waals surface area (Å²) in [4.78, 5) is 16.0. The Balaban J connectivity index is 1.35. The molecule has 0 saturated heterocycles. The van der Waals surface area contributed by atoms with Crippen LogP contribution in [0.5, 0.6) is 0 Å². The normalized spacial score (nSPS) is 19.6. The summed E-state index contributed by atoms with van der Waals surface area (Å²) < 4.78 is 78.8. The van der Waals surface area contributed by atoms with E-state index >= 15 is 0 Å². The molecule has 0 aliphatic heterocycles. The van der Waals surface area contributed by atoms with Gasteiger partial charge in [-0.15, -0.1) is 0 Å². The summed E-state index contributed by atoms with van der Waals surface area (Å²) in [6.45, 7) is -1.35. The zero-order valence-corrected chi connectivity index (χ0v) is 17.1. The molecule has 4 rings (SSSR count). The highest BCUT2D eigenvalue weighted by Gasteiger charge is 2.34. The number of anilines is 1. The molecule has 1 saturated carbocycles. The predicted octanol–water partition coefficient (Wildman–Crippen LogP) is 4.27. The molecule has 1 aliphatic carbocycles. The number of alkyl halides is 6. The van der Waals surface area contributed by atoms with Crippen LogP contribution in [0.25, 0.3) is 5.65 Å². The molecule has 1 amide bonds. The van der Waals surface area contributed by atoms with Crippen molar-refractivity contribution in [1.29, 1.82) is 0 Å². The number of nitrogens with zero attached hydrogens (tertiary/aromatic N) is 4. The van der Waals surface area contributed by atoms with Crippen LogP contribution in [0.3, 0.4) is 0 Å². The number of fused-ring (bicyclic) bond motifs is 1. The lowest BCUT2D eigenvalue weighted by molar-refractivity contribution is -0.143. The molecular formula is C20H20F6N6O. The van der Waals surface area contributed by atoms with E-state index in [0.29, 0.717) is 36.2 Å². The summed E-state index contributed by atoms with van der Waals surface area (Å²) in [5.74, 6) is -0.157. The number of rotatable bonds is 5. The number of nitrogens with one attached hydrogen (secondary N) is 2. The number of aromatic nitrogens is 4. The fraction of sp³-hybridized carbons (Fsp3) is 0.450. The van der Waals surface area contributed by atoms with Crippen LogP contribution in [0.1, 0.15) is 41.9 Å². The molecule has 0 bridgehead atoms. The Bertz CT molecular complexity index is 1130. The Morgan fingerprint density at radius 1 is 1.03 bits per heavy atom. The van der Waals surface area contributed by atoms with Crippen molar-refractivity contribution in [3.63, 3.8) is 0 Å². The van der Waals surface area contributed by atoms with E-state index in [4.69, 9.17) is 0 Å². The molecule has 13 heteroatoms. The van der Waals surface area contributed by atoms with E-state index in [-0.39, 0.29) is 23.4 Å². The van der Waals surface area contributed by atoms with E-state index in [1.807, 2.05) is 0 Å². The van der Waals surface area contributed by atoms with Crippen molar-refractivity contribution in [3.8, 4) is 0 Å². The number of imidazole rings is 1. The number of carbonyl (C=O) groups is 1. The maximum absolute atomic E-state index is 13.0. The third-order valence-electron chi connectivity index (χ3n) is 5.48. The first-order chi connectivity index (χ1) is 15.5.